The highest BCUT2D eigenvalue weighted by Crippen LogP contribution is 2.56. The molecule has 39 heavy (non-hydrogen) atoms. The number of amides is 1. The predicted molar refractivity (Wildman–Crippen MR) is 124 cm³/mol. The van der Waals surface area contributed by atoms with Crippen molar-refractivity contribution in [3.05, 3.63) is 65.0 Å². The minimum atomic E-state index is -6.33. The molecule has 214 valence electrons. The summed E-state index contributed by atoms with van der Waals surface area (Å²) in [5.74, 6) is -1.53. The molecule has 1 fully saturated rings. The van der Waals surface area contributed by atoms with Gasteiger partial charge in [-0.2, -0.15) is 26.3 Å². The van der Waals surface area contributed by atoms with Crippen molar-refractivity contribution in [2.45, 2.75) is 73.2 Å². The zero-order valence-corrected chi connectivity index (χ0v) is 21.7. The minimum Gasteiger partial charge on any atom is -0.337 e. The van der Waals surface area contributed by atoms with E-state index < -0.39 is 55.9 Å². The standard InChI is InChI=1S/C26H25F8NO3S/c1-3-15(2)22(36)35-13-12-23(39(37,38)19-8-6-18(27)7-9-19)20-10-5-17(14-16(20)4-11-21(23)35)24(28,25(29,30)31)26(32,33)34/h5-10,14-15,21H,3-4,11-13H2,1-2H3/t15?,21-,23-/m0/s1. The fraction of sp³-hybridized carbons (Fsp3) is 0.500. The lowest BCUT2D eigenvalue weighted by Gasteiger charge is -2.43. The number of hydrogen-bond acceptors (Lipinski definition) is 3. The molecule has 0 saturated carbocycles. The third-order valence-electron chi connectivity index (χ3n) is 7.99. The SMILES string of the molecule is CCC(C)C(=O)N1CC[C@]2(S(=O)(=O)c3ccc(F)cc3)c3ccc(C(F)(C(F)(F)F)C(F)(F)F)cc3CC[C@H]12. The molecule has 0 radical (unpaired) electrons. The van der Waals surface area contributed by atoms with Crippen LogP contribution in [0.4, 0.5) is 35.1 Å². The average Bonchev–Trinajstić information content (AvgIpc) is 3.27. The predicted octanol–water partition coefficient (Wildman–Crippen LogP) is 6.38. The first-order valence-electron chi connectivity index (χ1n) is 12.2. The van der Waals surface area contributed by atoms with Crippen molar-refractivity contribution in [2.75, 3.05) is 6.54 Å². The van der Waals surface area contributed by atoms with Crippen LogP contribution >= 0.6 is 0 Å². The monoisotopic (exact) mass is 583 g/mol. The van der Waals surface area contributed by atoms with Gasteiger partial charge in [0.05, 0.1) is 10.9 Å². The lowest BCUT2D eigenvalue weighted by molar-refractivity contribution is -0.348. The van der Waals surface area contributed by atoms with Gasteiger partial charge in [-0.3, -0.25) is 4.79 Å². The van der Waals surface area contributed by atoms with Gasteiger partial charge in [0.1, 0.15) is 10.6 Å². The Balaban J connectivity index is 1.96. The molecule has 1 aliphatic heterocycles. The van der Waals surface area contributed by atoms with E-state index in [-0.39, 0.29) is 47.7 Å². The molecular weight excluding hydrogens is 558 g/mol. The van der Waals surface area contributed by atoms with Gasteiger partial charge >= 0.3 is 18.0 Å². The van der Waals surface area contributed by atoms with E-state index in [0.717, 1.165) is 30.3 Å². The number of rotatable bonds is 5. The lowest BCUT2D eigenvalue weighted by atomic mass is 9.76. The summed E-state index contributed by atoms with van der Waals surface area (Å²) >= 11 is 0. The van der Waals surface area contributed by atoms with E-state index >= 15 is 0 Å². The van der Waals surface area contributed by atoms with Crippen LogP contribution in [0.2, 0.25) is 0 Å². The van der Waals surface area contributed by atoms with Crippen LogP contribution < -0.4 is 0 Å². The summed E-state index contributed by atoms with van der Waals surface area (Å²) in [6.45, 7) is 3.39. The highest BCUT2D eigenvalue weighted by atomic mass is 32.2. The van der Waals surface area contributed by atoms with Crippen LogP contribution in [0.1, 0.15) is 49.8 Å². The molecule has 1 amide bonds. The molecule has 0 aromatic heterocycles. The van der Waals surface area contributed by atoms with Crippen molar-refractivity contribution in [2.24, 2.45) is 5.92 Å². The maximum absolute atomic E-state index is 14.8. The number of sulfone groups is 1. The van der Waals surface area contributed by atoms with Gasteiger partial charge in [-0.1, -0.05) is 32.0 Å². The van der Waals surface area contributed by atoms with Crippen molar-refractivity contribution >= 4 is 15.7 Å². The maximum Gasteiger partial charge on any atom is 0.435 e. The van der Waals surface area contributed by atoms with Crippen molar-refractivity contribution in [3.8, 4) is 0 Å². The number of likely N-dealkylation sites (tertiary alicyclic amines) is 1. The van der Waals surface area contributed by atoms with Gasteiger partial charge in [0.2, 0.25) is 5.91 Å². The quantitative estimate of drug-likeness (QED) is 0.304. The molecule has 1 heterocycles. The molecule has 0 spiro atoms. The number of benzene rings is 2. The second kappa shape index (κ2) is 9.45. The minimum absolute atomic E-state index is 0.0341. The van der Waals surface area contributed by atoms with Crippen LogP contribution in [-0.2, 0) is 31.5 Å². The molecule has 3 atom stereocenters. The summed E-state index contributed by atoms with van der Waals surface area (Å²) < 4.78 is 135. The number of carbonyl (C=O) groups excluding carboxylic acids is 1. The van der Waals surface area contributed by atoms with E-state index in [2.05, 4.69) is 0 Å². The van der Waals surface area contributed by atoms with Crippen LogP contribution in [0.15, 0.2) is 47.4 Å². The molecule has 2 aliphatic rings. The van der Waals surface area contributed by atoms with Gasteiger partial charge in [-0.25, -0.2) is 17.2 Å². The van der Waals surface area contributed by atoms with Gasteiger partial charge < -0.3 is 4.90 Å². The van der Waals surface area contributed by atoms with Crippen molar-refractivity contribution in [1.82, 2.24) is 4.90 Å². The van der Waals surface area contributed by atoms with Crippen molar-refractivity contribution in [3.63, 3.8) is 0 Å². The molecule has 0 bridgehead atoms. The largest absolute Gasteiger partial charge is 0.435 e. The Labute approximate surface area is 219 Å². The molecule has 13 heteroatoms. The molecule has 4 rings (SSSR count). The Hall–Kier alpha value is -2.70. The summed E-state index contributed by atoms with van der Waals surface area (Å²) in [5.41, 5.74) is -7.68. The first-order valence-corrected chi connectivity index (χ1v) is 13.7. The molecule has 2 aromatic rings. The van der Waals surface area contributed by atoms with Gasteiger partial charge in [0.25, 0.3) is 0 Å². The van der Waals surface area contributed by atoms with Gasteiger partial charge in [-0.15, -0.1) is 0 Å². The Morgan fingerprint density at radius 3 is 2.15 bits per heavy atom. The summed E-state index contributed by atoms with van der Waals surface area (Å²) in [4.78, 5) is 14.3. The fourth-order valence-corrected chi connectivity index (χ4v) is 8.14. The molecular formula is C26H25F8NO3S. The molecule has 0 N–H and O–H groups in total. The maximum atomic E-state index is 14.8. The van der Waals surface area contributed by atoms with Gasteiger partial charge in [0, 0.05) is 18.0 Å². The van der Waals surface area contributed by atoms with E-state index in [9.17, 15) is 48.3 Å². The number of aryl methyl sites for hydroxylation is 1. The number of fused-ring (bicyclic) bond motifs is 3. The van der Waals surface area contributed by atoms with Gasteiger partial charge in [0.15, 0.2) is 9.84 Å². The van der Waals surface area contributed by atoms with E-state index in [1.165, 1.54) is 4.90 Å². The van der Waals surface area contributed by atoms with Crippen LogP contribution in [-0.4, -0.2) is 44.2 Å². The molecule has 1 aliphatic carbocycles. The van der Waals surface area contributed by atoms with Crippen LogP contribution in [0.3, 0.4) is 0 Å². The third kappa shape index (κ3) is 4.22. The van der Waals surface area contributed by atoms with Crippen molar-refractivity contribution in [1.29, 1.82) is 0 Å². The summed E-state index contributed by atoms with van der Waals surface area (Å²) in [5, 5.41) is 0. The Bertz CT molecular complexity index is 1360. The highest BCUT2D eigenvalue weighted by molar-refractivity contribution is 7.92. The van der Waals surface area contributed by atoms with E-state index in [1.807, 2.05) is 0 Å². The molecule has 4 nitrogen and oxygen atoms in total. The fourth-order valence-electron chi connectivity index (χ4n) is 5.78. The first kappa shape index (κ1) is 29.3. The Morgan fingerprint density at radius 1 is 1.03 bits per heavy atom. The zero-order chi connectivity index (χ0) is 29.2. The summed E-state index contributed by atoms with van der Waals surface area (Å²) in [6.07, 6.45) is -12.7. The normalized spacial score (nSPS) is 22.8. The van der Waals surface area contributed by atoms with E-state index in [0.29, 0.717) is 18.6 Å². The number of halogens is 8. The summed E-state index contributed by atoms with van der Waals surface area (Å²) in [6, 6.07) is 4.38. The summed E-state index contributed by atoms with van der Waals surface area (Å²) in [7, 11) is -4.49. The lowest BCUT2D eigenvalue weighted by Crippen LogP contribution is -2.53. The Kier molecular flexibility index (Phi) is 7.09. The molecule has 2 aromatic carbocycles. The number of alkyl halides is 7. The molecule has 1 saturated heterocycles. The topological polar surface area (TPSA) is 54.5 Å². The van der Waals surface area contributed by atoms with Gasteiger partial charge in [-0.05, 0) is 61.1 Å². The number of hydrogen-bond donors (Lipinski definition) is 0. The van der Waals surface area contributed by atoms with Crippen LogP contribution in [0.25, 0.3) is 0 Å². The number of carbonyl (C=O) groups is 1. The first-order chi connectivity index (χ1) is 17.9. The van der Waals surface area contributed by atoms with Crippen LogP contribution in [0, 0.1) is 11.7 Å². The average molecular weight is 584 g/mol. The zero-order valence-electron chi connectivity index (χ0n) is 20.8. The highest BCUT2D eigenvalue weighted by Gasteiger charge is 2.73. The number of nitrogens with zero attached hydrogens (tertiary/aromatic N) is 1. The van der Waals surface area contributed by atoms with Crippen LogP contribution in [0.5, 0.6) is 0 Å². The van der Waals surface area contributed by atoms with E-state index in [1.54, 1.807) is 13.8 Å². The molecule has 1 unspecified atom stereocenters. The smallest absolute Gasteiger partial charge is 0.337 e. The van der Waals surface area contributed by atoms with E-state index in [4.69, 9.17) is 0 Å². The Morgan fingerprint density at radius 2 is 1.62 bits per heavy atom. The second-order valence-electron chi connectivity index (χ2n) is 10.0. The van der Waals surface area contributed by atoms with Crippen molar-refractivity contribution < 1.29 is 48.3 Å². The third-order valence-corrected chi connectivity index (χ3v) is 10.5. The second-order valence-corrected chi connectivity index (χ2v) is 12.2.